The van der Waals surface area contributed by atoms with Crippen molar-refractivity contribution in [3.8, 4) is 11.5 Å². The molecule has 0 saturated carbocycles. The molecule has 0 aliphatic rings. The second-order valence-corrected chi connectivity index (χ2v) is 4.83. The first-order chi connectivity index (χ1) is 8.40. The van der Waals surface area contributed by atoms with E-state index >= 15 is 0 Å². The van der Waals surface area contributed by atoms with E-state index in [-0.39, 0.29) is 12.5 Å². The van der Waals surface area contributed by atoms with Gasteiger partial charge >= 0.3 is 0 Å². The Morgan fingerprint density at radius 2 is 2.06 bits per heavy atom. The van der Waals surface area contributed by atoms with Gasteiger partial charge < -0.3 is 14.6 Å². The Morgan fingerprint density at radius 1 is 1.39 bits per heavy atom. The number of benzene rings is 1. The standard InChI is InChI=1S/C14H20O4/c1-10(2)14(3,16)9-18-13-7-11(8-15)5-6-12(13)17-4/h5-8,10,16H,9H2,1-4H3. The molecule has 0 radical (unpaired) electrons. The van der Waals surface area contributed by atoms with Crippen molar-refractivity contribution >= 4 is 6.29 Å². The number of rotatable bonds is 6. The van der Waals surface area contributed by atoms with Gasteiger partial charge in [-0.05, 0) is 31.0 Å². The number of hydrogen-bond acceptors (Lipinski definition) is 4. The van der Waals surface area contributed by atoms with Crippen LogP contribution in [-0.2, 0) is 0 Å². The molecule has 0 bridgehead atoms. The van der Waals surface area contributed by atoms with E-state index in [1.54, 1.807) is 25.1 Å². The lowest BCUT2D eigenvalue weighted by Crippen LogP contribution is -2.37. The molecule has 0 heterocycles. The van der Waals surface area contributed by atoms with Crippen LogP contribution in [0.1, 0.15) is 31.1 Å². The van der Waals surface area contributed by atoms with E-state index in [1.807, 2.05) is 13.8 Å². The third-order valence-corrected chi connectivity index (χ3v) is 3.09. The van der Waals surface area contributed by atoms with Gasteiger partial charge in [0.2, 0.25) is 0 Å². The second kappa shape index (κ2) is 5.87. The molecule has 4 heteroatoms. The van der Waals surface area contributed by atoms with Gasteiger partial charge in [0.15, 0.2) is 11.5 Å². The van der Waals surface area contributed by atoms with Gasteiger partial charge in [-0.25, -0.2) is 0 Å². The maximum absolute atomic E-state index is 10.7. The van der Waals surface area contributed by atoms with Crippen molar-refractivity contribution in [3.63, 3.8) is 0 Å². The predicted molar refractivity (Wildman–Crippen MR) is 69.3 cm³/mol. The fraction of sp³-hybridized carbons (Fsp3) is 0.500. The molecule has 1 aromatic rings. The molecule has 18 heavy (non-hydrogen) atoms. The summed E-state index contributed by atoms with van der Waals surface area (Å²) in [5.41, 5.74) is -0.419. The van der Waals surface area contributed by atoms with Gasteiger partial charge in [0.05, 0.1) is 12.7 Å². The highest BCUT2D eigenvalue weighted by atomic mass is 16.5. The molecular formula is C14H20O4. The largest absolute Gasteiger partial charge is 0.493 e. The van der Waals surface area contributed by atoms with Crippen LogP contribution in [0, 0.1) is 5.92 Å². The Morgan fingerprint density at radius 3 is 2.56 bits per heavy atom. The van der Waals surface area contributed by atoms with Crippen LogP contribution in [0.15, 0.2) is 18.2 Å². The quantitative estimate of drug-likeness (QED) is 0.789. The van der Waals surface area contributed by atoms with Gasteiger partial charge in [-0.2, -0.15) is 0 Å². The molecular weight excluding hydrogens is 232 g/mol. The summed E-state index contributed by atoms with van der Waals surface area (Å²) in [4.78, 5) is 10.7. The summed E-state index contributed by atoms with van der Waals surface area (Å²) in [5, 5.41) is 10.1. The molecule has 1 unspecified atom stereocenters. The maximum atomic E-state index is 10.7. The van der Waals surface area contributed by atoms with E-state index in [0.717, 1.165) is 6.29 Å². The van der Waals surface area contributed by atoms with Crippen LogP contribution in [0.3, 0.4) is 0 Å². The maximum Gasteiger partial charge on any atom is 0.162 e. The fourth-order valence-electron chi connectivity index (χ4n) is 1.27. The van der Waals surface area contributed by atoms with Crippen molar-refractivity contribution < 1.29 is 19.4 Å². The van der Waals surface area contributed by atoms with Crippen LogP contribution >= 0.6 is 0 Å². The summed E-state index contributed by atoms with van der Waals surface area (Å²) in [6, 6.07) is 4.92. The lowest BCUT2D eigenvalue weighted by molar-refractivity contribution is -0.0271. The molecule has 0 aromatic heterocycles. The van der Waals surface area contributed by atoms with Crippen molar-refractivity contribution in [1.82, 2.24) is 0 Å². The van der Waals surface area contributed by atoms with Crippen LogP contribution in [0.2, 0.25) is 0 Å². The van der Waals surface area contributed by atoms with Crippen LogP contribution in [0.4, 0.5) is 0 Å². The number of hydrogen-bond donors (Lipinski definition) is 1. The summed E-state index contributed by atoms with van der Waals surface area (Å²) >= 11 is 0. The van der Waals surface area contributed by atoms with Gasteiger partial charge in [0.1, 0.15) is 12.9 Å². The van der Waals surface area contributed by atoms with Crippen LogP contribution < -0.4 is 9.47 Å². The molecule has 0 fully saturated rings. The molecule has 0 spiro atoms. The minimum atomic E-state index is -0.928. The Kier molecular flexibility index (Phi) is 4.73. The average molecular weight is 252 g/mol. The van der Waals surface area contributed by atoms with E-state index in [1.165, 1.54) is 7.11 Å². The van der Waals surface area contributed by atoms with E-state index in [0.29, 0.717) is 17.1 Å². The van der Waals surface area contributed by atoms with E-state index in [9.17, 15) is 9.90 Å². The minimum Gasteiger partial charge on any atom is -0.493 e. The molecule has 4 nitrogen and oxygen atoms in total. The monoisotopic (exact) mass is 252 g/mol. The van der Waals surface area contributed by atoms with E-state index in [4.69, 9.17) is 9.47 Å². The molecule has 1 atom stereocenters. The number of carbonyl (C=O) groups is 1. The number of aldehydes is 1. The molecule has 1 N–H and O–H groups in total. The Bertz CT molecular complexity index is 410. The van der Waals surface area contributed by atoms with Gasteiger partial charge in [-0.3, -0.25) is 4.79 Å². The number of methoxy groups -OCH3 is 1. The van der Waals surface area contributed by atoms with Crippen LogP contribution in [0.5, 0.6) is 11.5 Å². The van der Waals surface area contributed by atoms with Crippen molar-refractivity contribution in [2.75, 3.05) is 13.7 Å². The van der Waals surface area contributed by atoms with Gasteiger partial charge in [0.25, 0.3) is 0 Å². The first kappa shape index (κ1) is 14.5. The molecule has 1 aromatic carbocycles. The molecule has 0 amide bonds. The second-order valence-electron chi connectivity index (χ2n) is 4.83. The number of ether oxygens (including phenoxy) is 2. The summed E-state index contributed by atoms with van der Waals surface area (Å²) in [7, 11) is 1.53. The number of carbonyl (C=O) groups excluding carboxylic acids is 1. The summed E-state index contributed by atoms with van der Waals surface area (Å²) in [5.74, 6) is 1.07. The molecule has 0 aliphatic heterocycles. The SMILES string of the molecule is COc1ccc(C=O)cc1OCC(C)(O)C(C)C. The normalized spacial score (nSPS) is 14.1. The molecule has 0 saturated heterocycles. The smallest absolute Gasteiger partial charge is 0.162 e. The van der Waals surface area contributed by atoms with Crippen molar-refractivity contribution in [3.05, 3.63) is 23.8 Å². The zero-order valence-corrected chi connectivity index (χ0v) is 11.3. The lowest BCUT2D eigenvalue weighted by atomic mass is 9.94. The van der Waals surface area contributed by atoms with Crippen LogP contribution in [0.25, 0.3) is 0 Å². The first-order valence-corrected chi connectivity index (χ1v) is 5.89. The molecule has 0 aliphatic carbocycles. The van der Waals surface area contributed by atoms with Crippen molar-refractivity contribution in [1.29, 1.82) is 0 Å². The topological polar surface area (TPSA) is 55.8 Å². The predicted octanol–water partition coefficient (Wildman–Crippen LogP) is 2.29. The minimum absolute atomic E-state index is 0.0674. The summed E-state index contributed by atoms with van der Waals surface area (Å²) in [6.45, 7) is 5.70. The Hall–Kier alpha value is -1.55. The van der Waals surface area contributed by atoms with Gasteiger partial charge in [0, 0.05) is 5.56 Å². The summed E-state index contributed by atoms with van der Waals surface area (Å²) < 4.78 is 10.7. The third kappa shape index (κ3) is 3.47. The van der Waals surface area contributed by atoms with E-state index in [2.05, 4.69) is 0 Å². The highest BCUT2D eigenvalue weighted by Gasteiger charge is 2.26. The highest BCUT2D eigenvalue weighted by Crippen LogP contribution is 2.29. The van der Waals surface area contributed by atoms with Gasteiger partial charge in [-0.1, -0.05) is 13.8 Å². The first-order valence-electron chi connectivity index (χ1n) is 5.89. The van der Waals surface area contributed by atoms with Crippen molar-refractivity contribution in [2.24, 2.45) is 5.92 Å². The zero-order chi connectivity index (χ0) is 13.8. The molecule has 1 rings (SSSR count). The fourth-order valence-corrected chi connectivity index (χ4v) is 1.27. The Labute approximate surface area is 108 Å². The molecule has 100 valence electrons. The van der Waals surface area contributed by atoms with Gasteiger partial charge in [-0.15, -0.1) is 0 Å². The Balaban J connectivity index is 2.86. The highest BCUT2D eigenvalue weighted by molar-refractivity contribution is 5.76. The van der Waals surface area contributed by atoms with Crippen LogP contribution in [-0.4, -0.2) is 30.7 Å². The number of aliphatic hydroxyl groups is 1. The van der Waals surface area contributed by atoms with E-state index < -0.39 is 5.60 Å². The summed E-state index contributed by atoms with van der Waals surface area (Å²) in [6.07, 6.45) is 0.743. The lowest BCUT2D eigenvalue weighted by Gasteiger charge is -2.27. The third-order valence-electron chi connectivity index (χ3n) is 3.09. The van der Waals surface area contributed by atoms with Crippen molar-refractivity contribution in [2.45, 2.75) is 26.4 Å². The zero-order valence-electron chi connectivity index (χ0n) is 11.3. The average Bonchev–Trinajstić information content (AvgIpc) is 2.35.